The van der Waals surface area contributed by atoms with E-state index in [1.165, 1.54) is 33.5 Å². The number of aryl methyl sites for hydroxylation is 1. The molecule has 0 bridgehead atoms. The number of hydrogen-bond acceptors (Lipinski definition) is 2. The smallest absolute Gasteiger partial charge is 0.302 e. The minimum atomic E-state index is -0.568. The Morgan fingerprint density at radius 2 is 2.00 bits per heavy atom. The molecule has 0 aliphatic rings. The molecule has 1 aromatic heterocycles. The SMILES string of the molecule is Cn1ccn(CC(=O)c2ccccc2F)c1=O. The van der Waals surface area contributed by atoms with E-state index in [0.29, 0.717) is 0 Å². The van der Waals surface area contributed by atoms with Crippen molar-refractivity contribution < 1.29 is 9.18 Å². The molecule has 2 rings (SSSR count). The van der Waals surface area contributed by atoms with Crippen LogP contribution in [0.3, 0.4) is 0 Å². The average Bonchev–Trinajstić information content (AvgIpc) is 2.61. The van der Waals surface area contributed by atoms with Crippen molar-refractivity contribution in [1.82, 2.24) is 9.13 Å². The number of benzene rings is 1. The third-order valence-electron chi connectivity index (χ3n) is 2.51. The van der Waals surface area contributed by atoms with Crippen LogP contribution in [0.2, 0.25) is 0 Å². The zero-order valence-corrected chi connectivity index (χ0v) is 9.26. The Bertz CT molecular complexity index is 613. The van der Waals surface area contributed by atoms with E-state index in [1.807, 2.05) is 0 Å². The van der Waals surface area contributed by atoms with Crippen LogP contribution in [0.4, 0.5) is 4.39 Å². The van der Waals surface area contributed by atoms with E-state index < -0.39 is 11.6 Å². The molecule has 1 aromatic carbocycles. The second kappa shape index (κ2) is 4.37. The summed E-state index contributed by atoms with van der Waals surface area (Å²) in [6, 6.07) is 5.73. The Labute approximate surface area is 96.9 Å². The van der Waals surface area contributed by atoms with E-state index in [2.05, 4.69) is 0 Å². The topological polar surface area (TPSA) is 44.0 Å². The second-order valence-corrected chi connectivity index (χ2v) is 3.72. The molecule has 0 saturated heterocycles. The maximum absolute atomic E-state index is 13.3. The normalized spacial score (nSPS) is 10.5. The molecule has 0 aliphatic heterocycles. The van der Waals surface area contributed by atoms with Crippen LogP contribution in [0, 0.1) is 5.82 Å². The van der Waals surface area contributed by atoms with Crippen molar-refractivity contribution in [2.75, 3.05) is 0 Å². The summed E-state index contributed by atoms with van der Waals surface area (Å²) in [6.45, 7) is -0.152. The highest BCUT2D eigenvalue weighted by Crippen LogP contribution is 2.07. The molecule has 2 aromatic rings. The molecule has 4 nitrogen and oxygen atoms in total. The third kappa shape index (κ3) is 2.18. The molecule has 0 radical (unpaired) electrons. The third-order valence-corrected chi connectivity index (χ3v) is 2.51. The predicted molar refractivity (Wildman–Crippen MR) is 60.4 cm³/mol. The van der Waals surface area contributed by atoms with Gasteiger partial charge < -0.3 is 4.57 Å². The summed E-state index contributed by atoms with van der Waals surface area (Å²) in [5.41, 5.74) is -0.294. The lowest BCUT2D eigenvalue weighted by atomic mass is 10.1. The van der Waals surface area contributed by atoms with Crippen LogP contribution in [0.5, 0.6) is 0 Å². The van der Waals surface area contributed by atoms with Crippen molar-refractivity contribution >= 4 is 5.78 Å². The van der Waals surface area contributed by atoms with Gasteiger partial charge in [0.25, 0.3) is 0 Å². The quantitative estimate of drug-likeness (QED) is 0.749. The number of carbonyl (C=O) groups is 1. The monoisotopic (exact) mass is 234 g/mol. The van der Waals surface area contributed by atoms with Gasteiger partial charge in [-0.2, -0.15) is 0 Å². The van der Waals surface area contributed by atoms with E-state index in [4.69, 9.17) is 0 Å². The van der Waals surface area contributed by atoms with E-state index in [0.717, 1.165) is 0 Å². The summed E-state index contributed by atoms with van der Waals surface area (Å²) >= 11 is 0. The molecule has 0 atom stereocenters. The van der Waals surface area contributed by atoms with Gasteiger partial charge >= 0.3 is 5.69 Å². The first-order valence-corrected chi connectivity index (χ1v) is 5.09. The van der Waals surface area contributed by atoms with Gasteiger partial charge in [-0.3, -0.25) is 9.36 Å². The Balaban J connectivity index is 2.27. The summed E-state index contributed by atoms with van der Waals surface area (Å²) in [7, 11) is 1.59. The van der Waals surface area contributed by atoms with Crippen molar-refractivity contribution in [2.45, 2.75) is 6.54 Å². The molecule has 0 saturated carbocycles. The lowest BCUT2D eigenvalue weighted by Crippen LogP contribution is -2.25. The Morgan fingerprint density at radius 3 is 2.59 bits per heavy atom. The summed E-state index contributed by atoms with van der Waals surface area (Å²) in [5.74, 6) is -0.988. The molecule has 0 aliphatic carbocycles. The first-order valence-electron chi connectivity index (χ1n) is 5.09. The number of carbonyl (C=O) groups excluding carboxylic acids is 1. The van der Waals surface area contributed by atoms with E-state index >= 15 is 0 Å². The first-order chi connectivity index (χ1) is 8.09. The molecule has 17 heavy (non-hydrogen) atoms. The molecule has 0 fully saturated rings. The summed E-state index contributed by atoms with van der Waals surface area (Å²) < 4.78 is 15.9. The lowest BCUT2D eigenvalue weighted by Gasteiger charge is -2.02. The van der Waals surface area contributed by atoms with Crippen molar-refractivity contribution in [1.29, 1.82) is 0 Å². The van der Waals surface area contributed by atoms with Crippen molar-refractivity contribution in [2.24, 2.45) is 7.05 Å². The highest BCUT2D eigenvalue weighted by molar-refractivity contribution is 5.96. The van der Waals surface area contributed by atoms with Gasteiger partial charge in [0.1, 0.15) is 5.82 Å². The van der Waals surface area contributed by atoms with Gasteiger partial charge in [0.05, 0.1) is 12.1 Å². The van der Waals surface area contributed by atoms with Gasteiger partial charge in [-0.25, -0.2) is 9.18 Å². The molecular formula is C12H11FN2O2. The minimum absolute atomic E-state index is 0.00301. The first kappa shape index (κ1) is 11.3. The number of Topliss-reactive ketones (excluding diaryl/α,β-unsaturated/α-hetero) is 1. The number of imidazole rings is 1. The lowest BCUT2D eigenvalue weighted by molar-refractivity contribution is 0.0967. The van der Waals surface area contributed by atoms with E-state index in [-0.39, 0.29) is 17.8 Å². The fraction of sp³-hybridized carbons (Fsp3) is 0.167. The predicted octanol–water partition coefficient (Wildman–Crippen LogP) is 1.21. The second-order valence-electron chi connectivity index (χ2n) is 3.72. The molecule has 0 amide bonds. The van der Waals surface area contributed by atoms with Gasteiger partial charge in [-0.1, -0.05) is 12.1 Å². The maximum Gasteiger partial charge on any atom is 0.328 e. The number of ketones is 1. The van der Waals surface area contributed by atoms with Crippen molar-refractivity contribution in [3.05, 3.63) is 58.5 Å². The Hall–Kier alpha value is -2.17. The average molecular weight is 234 g/mol. The van der Waals surface area contributed by atoms with Gasteiger partial charge in [0.2, 0.25) is 0 Å². The van der Waals surface area contributed by atoms with Crippen LogP contribution in [0.1, 0.15) is 10.4 Å². The Morgan fingerprint density at radius 1 is 1.29 bits per heavy atom. The molecule has 1 heterocycles. The number of aromatic nitrogens is 2. The molecule has 5 heteroatoms. The van der Waals surface area contributed by atoms with Crippen LogP contribution in [0.15, 0.2) is 41.5 Å². The molecule has 88 valence electrons. The maximum atomic E-state index is 13.3. The molecular weight excluding hydrogens is 223 g/mol. The molecule has 0 unspecified atom stereocenters. The van der Waals surface area contributed by atoms with Crippen LogP contribution in [0.25, 0.3) is 0 Å². The molecule has 0 spiro atoms. The molecule has 0 N–H and O–H groups in total. The Kier molecular flexibility index (Phi) is 2.91. The van der Waals surface area contributed by atoms with Gasteiger partial charge in [0.15, 0.2) is 5.78 Å². The standard InChI is InChI=1S/C12H11FN2O2/c1-14-6-7-15(12(14)17)8-11(16)9-4-2-3-5-10(9)13/h2-7H,8H2,1H3. The summed E-state index contributed by atoms with van der Waals surface area (Å²) in [4.78, 5) is 23.3. The van der Waals surface area contributed by atoms with Gasteiger partial charge in [-0.05, 0) is 12.1 Å². The van der Waals surface area contributed by atoms with Crippen LogP contribution in [-0.2, 0) is 13.6 Å². The summed E-state index contributed by atoms with van der Waals surface area (Å²) in [5, 5.41) is 0. The zero-order chi connectivity index (χ0) is 12.4. The zero-order valence-electron chi connectivity index (χ0n) is 9.26. The highest BCUT2D eigenvalue weighted by Gasteiger charge is 2.12. The number of hydrogen-bond donors (Lipinski definition) is 0. The highest BCUT2D eigenvalue weighted by atomic mass is 19.1. The number of halogens is 1. The largest absolute Gasteiger partial charge is 0.328 e. The fourth-order valence-electron chi connectivity index (χ4n) is 1.56. The van der Waals surface area contributed by atoms with Crippen LogP contribution in [-0.4, -0.2) is 14.9 Å². The van der Waals surface area contributed by atoms with E-state index in [1.54, 1.807) is 19.3 Å². The number of rotatable bonds is 3. The van der Waals surface area contributed by atoms with E-state index in [9.17, 15) is 14.0 Å². The number of nitrogens with zero attached hydrogens (tertiary/aromatic N) is 2. The van der Waals surface area contributed by atoms with Crippen LogP contribution >= 0.6 is 0 Å². The van der Waals surface area contributed by atoms with Crippen molar-refractivity contribution in [3.8, 4) is 0 Å². The van der Waals surface area contributed by atoms with Crippen molar-refractivity contribution in [3.63, 3.8) is 0 Å². The minimum Gasteiger partial charge on any atom is -0.302 e. The fourth-order valence-corrected chi connectivity index (χ4v) is 1.56. The van der Waals surface area contributed by atoms with Gasteiger partial charge in [0, 0.05) is 19.4 Å². The van der Waals surface area contributed by atoms with Crippen LogP contribution < -0.4 is 5.69 Å². The van der Waals surface area contributed by atoms with Gasteiger partial charge in [-0.15, -0.1) is 0 Å². The summed E-state index contributed by atoms with van der Waals surface area (Å²) in [6.07, 6.45) is 3.05.